The summed E-state index contributed by atoms with van der Waals surface area (Å²) >= 11 is 5.12. The molecule has 0 atom stereocenters. The van der Waals surface area contributed by atoms with E-state index in [1.54, 1.807) is 6.07 Å². The molecule has 0 spiro atoms. The average molecular weight is 267 g/mol. The second-order valence-corrected chi connectivity index (χ2v) is 4.42. The lowest BCUT2D eigenvalue weighted by Gasteiger charge is -2.12. The number of benzene rings is 1. The second kappa shape index (κ2) is 5.18. The van der Waals surface area contributed by atoms with Crippen LogP contribution in [0.2, 0.25) is 0 Å². The van der Waals surface area contributed by atoms with E-state index in [-0.39, 0.29) is 5.69 Å². The summed E-state index contributed by atoms with van der Waals surface area (Å²) in [5.74, 6) is 0.514. The van der Waals surface area contributed by atoms with Crippen LogP contribution in [0, 0.1) is 10.1 Å². The minimum absolute atomic E-state index is 0.00692. The van der Waals surface area contributed by atoms with Gasteiger partial charge in [0, 0.05) is 18.2 Å². The van der Waals surface area contributed by atoms with E-state index in [2.05, 4.69) is 10.6 Å². The first-order chi connectivity index (χ1) is 8.60. The standard InChI is InChI=1S/C11H13N3O3S/c1-17-10-5-4-8(14(15)16)6-9(10)13-11(18)12-7-2-3-7/h4-7H,2-3H2,1H3,(H2,12,13,18). The smallest absolute Gasteiger partial charge is 0.271 e. The van der Waals surface area contributed by atoms with Gasteiger partial charge >= 0.3 is 0 Å². The quantitative estimate of drug-likeness (QED) is 0.494. The maximum absolute atomic E-state index is 10.7. The first-order valence-electron chi connectivity index (χ1n) is 5.50. The van der Waals surface area contributed by atoms with Gasteiger partial charge in [0.05, 0.1) is 17.7 Å². The van der Waals surface area contributed by atoms with Gasteiger partial charge in [-0.1, -0.05) is 0 Å². The maximum Gasteiger partial charge on any atom is 0.271 e. The van der Waals surface area contributed by atoms with Crippen molar-refractivity contribution in [1.29, 1.82) is 0 Å². The minimum Gasteiger partial charge on any atom is -0.495 e. The van der Waals surface area contributed by atoms with Gasteiger partial charge < -0.3 is 15.4 Å². The van der Waals surface area contributed by atoms with Crippen molar-refractivity contribution in [3.63, 3.8) is 0 Å². The summed E-state index contributed by atoms with van der Waals surface area (Å²) in [4.78, 5) is 10.3. The first-order valence-corrected chi connectivity index (χ1v) is 5.91. The highest BCUT2D eigenvalue weighted by Crippen LogP contribution is 2.29. The molecular formula is C11H13N3O3S. The van der Waals surface area contributed by atoms with Crippen molar-refractivity contribution in [2.45, 2.75) is 18.9 Å². The molecule has 96 valence electrons. The van der Waals surface area contributed by atoms with Gasteiger partial charge in [-0.15, -0.1) is 0 Å². The molecule has 1 aliphatic carbocycles. The molecule has 0 bridgehead atoms. The largest absolute Gasteiger partial charge is 0.495 e. The van der Waals surface area contributed by atoms with Crippen LogP contribution in [0.4, 0.5) is 11.4 Å². The molecule has 18 heavy (non-hydrogen) atoms. The summed E-state index contributed by atoms with van der Waals surface area (Å²) in [6.45, 7) is 0. The van der Waals surface area contributed by atoms with E-state index >= 15 is 0 Å². The monoisotopic (exact) mass is 267 g/mol. The van der Waals surface area contributed by atoms with Gasteiger partial charge in [-0.2, -0.15) is 0 Å². The molecule has 0 radical (unpaired) electrons. The summed E-state index contributed by atoms with van der Waals surface area (Å²) in [5.41, 5.74) is 0.484. The molecule has 1 fully saturated rings. The fourth-order valence-corrected chi connectivity index (χ4v) is 1.76. The van der Waals surface area contributed by atoms with Gasteiger partial charge in [0.1, 0.15) is 5.75 Å². The Morgan fingerprint density at radius 1 is 1.56 bits per heavy atom. The highest BCUT2D eigenvalue weighted by molar-refractivity contribution is 7.80. The van der Waals surface area contributed by atoms with E-state index in [9.17, 15) is 10.1 Å². The summed E-state index contributed by atoms with van der Waals surface area (Å²) in [5, 5.41) is 17.2. The van der Waals surface area contributed by atoms with Gasteiger partial charge in [-0.25, -0.2) is 0 Å². The predicted octanol–water partition coefficient (Wildman–Crippen LogP) is 2.05. The van der Waals surface area contributed by atoms with Crippen LogP contribution >= 0.6 is 12.2 Å². The van der Waals surface area contributed by atoms with Crippen molar-refractivity contribution < 1.29 is 9.66 Å². The van der Waals surface area contributed by atoms with Crippen LogP contribution in [0.5, 0.6) is 5.75 Å². The number of ether oxygens (including phenoxy) is 1. The topological polar surface area (TPSA) is 76.4 Å². The number of thiocarbonyl (C=S) groups is 1. The van der Waals surface area contributed by atoms with Gasteiger partial charge in [0.15, 0.2) is 5.11 Å². The SMILES string of the molecule is COc1ccc([N+](=O)[O-])cc1NC(=S)NC1CC1. The third kappa shape index (κ3) is 3.07. The fourth-order valence-electron chi connectivity index (χ4n) is 1.48. The van der Waals surface area contributed by atoms with Crippen LogP contribution in [-0.2, 0) is 0 Å². The van der Waals surface area contributed by atoms with Crippen molar-refractivity contribution in [3.8, 4) is 5.75 Å². The molecule has 1 aromatic rings. The third-order valence-electron chi connectivity index (χ3n) is 2.55. The van der Waals surface area contributed by atoms with Gasteiger partial charge in [-0.05, 0) is 31.1 Å². The Morgan fingerprint density at radius 2 is 2.28 bits per heavy atom. The number of rotatable bonds is 4. The van der Waals surface area contributed by atoms with E-state index < -0.39 is 4.92 Å². The van der Waals surface area contributed by atoms with Crippen LogP contribution in [0.3, 0.4) is 0 Å². The fraction of sp³-hybridized carbons (Fsp3) is 0.364. The minimum atomic E-state index is -0.456. The van der Waals surface area contributed by atoms with Crippen molar-refractivity contribution in [3.05, 3.63) is 28.3 Å². The Kier molecular flexibility index (Phi) is 3.61. The highest BCUT2D eigenvalue weighted by atomic mass is 32.1. The predicted molar refractivity (Wildman–Crippen MR) is 72.0 cm³/mol. The summed E-state index contributed by atoms with van der Waals surface area (Å²) in [6, 6.07) is 4.76. The van der Waals surface area contributed by atoms with Crippen LogP contribution in [-0.4, -0.2) is 23.2 Å². The van der Waals surface area contributed by atoms with E-state index in [1.165, 1.54) is 19.2 Å². The Labute approximate surface area is 109 Å². The van der Waals surface area contributed by atoms with E-state index in [4.69, 9.17) is 17.0 Å². The summed E-state index contributed by atoms with van der Waals surface area (Å²) in [7, 11) is 1.50. The zero-order valence-electron chi connectivity index (χ0n) is 9.80. The molecule has 0 unspecified atom stereocenters. The molecule has 0 aliphatic heterocycles. The molecule has 7 heteroatoms. The van der Waals surface area contributed by atoms with Crippen molar-refractivity contribution in [2.24, 2.45) is 0 Å². The molecule has 1 aliphatic rings. The van der Waals surface area contributed by atoms with Crippen LogP contribution in [0.1, 0.15) is 12.8 Å². The van der Waals surface area contributed by atoms with E-state index in [0.717, 1.165) is 12.8 Å². The molecule has 1 aromatic carbocycles. The Balaban J connectivity index is 2.14. The molecular weight excluding hydrogens is 254 g/mol. The lowest BCUT2D eigenvalue weighted by molar-refractivity contribution is -0.384. The van der Waals surface area contributed by atoms with Gasteiger partial charge in [-0.3, -0.25) is 10.1 Å². The third-order valence-corrected chi connectivity index (χ3v) is 2.77. The Bertz CT molecular complexity index is 488. The number of hydrogen-bond acceptors (Lipinski definition) is 4. The zero-order valence-corrected chi connectivity index (χ0v) is 10.6. The van der Waals surface area contributed by atoms with Crippen LogP contribution in [0.15, 0.2) is 18.2 Å². The first kappa shape index (κ1) is 12.6. The second-order valence-electron chi connectivity index (χ2n) is 4.01. The summed E-state index contributed by atoms with van der Waals surface area (Å²) < 4.78 is 5.13. The number of hydrogen-bond donors (Lipinski definition) is 2. The number of nitrogens with zero attached hydrogens (tertiary/aromatic N) is 1. The lowest BCUT2D eigenvalue weighted by Crippen LogP contribution is -2.30. The molecule has 0 aromatic heterocycles. The average Bonchev–Trinajstić information content (AvgIpc) is 3.12. The van der Waals surface area contributed by atoms with E-state index in [0.29, 0.717) is 22.6 Å². The Morgan fingerprint density at radius 3 is 2.83 bits per heavy atom. The number of nitro groups is 1. The van der Waals surface area contributed by atoms with Crippen molar-refractivity contribution >= 4 is 28.7 Å². The van der Waals surface area contributed by atoms with Crippen LogP contribution < -0.4 is 15.4 Å². The lowest BCUT2D eigenvalue weighted by atomic mass is 10.2. The molecule has 2 N–H and O–H groups in total. The number of nitro benzene ring substituents is 1. The zero-order chi connectivity index (χ0) is 13.1. The number of methoxy groups -OCH3 is 1. The highest BCUT2D eigenvalue weighted by Gasteiger charge is 2.22. The van der Waals surface area contributed by atoms with Crippen molar-refractivity contribution in [1.82, 2.24) is 5.32 Å². The molecule has 2 rings (SSSR count). The molecule has 1 saturated carbocycles. The molecule has 0 saturated heterocycles. The normalized spacial score (nSPS) is 13.8. The number of non-ortho nitro benzene ring substituents is 1. The van der Waals surface area contributed by atoms with Gasteiger partial charge in [0.25, 0.3) is 5.69 Å². The van der Waals surface area contributed by atoms with E-state index in [1.807, 2.05) is 0 Å². The van der Waals surface area contributed by atoms with Crippen molar-refractivity contribution in [2.75, 3.05) is 12.4 Å². The van der Waals surface area contributed by atoms with Crippen LogP contribution in [0.25, 0.3) is 0 Å². The molecule has 6 nitrogen and oxygen atoms in total. The molecule has 0 heterocycles. The number of anilines is 1. The summed E-state index contributed by atoms with van der Waals surface area (Å²) in [6.07, 6.45) is 2.21. The molecule has 0 amide bonds. The Hall–Kier alpha value is -1.89. The maximum atomic E-state index is 10.7. The van der Waals surface area contributed by atoms with Gasteiger partial charge in [0.2, 0.25) is 0 Å². The number of nitrogens with one attached hydrogen (secondary N) is 2.